The van der Waals surface area contributed by atoms with Crippen molar-refractivity contribution in [1.29, 1.82) is 5.26 Å². The molecular weight excluding hydrogens is 681 g/mol. The summed E-state index contributed by atoms with van der Waals surface area (Å²) in [5, 5.41) is 17.9. The molecule has 2 nitrogen and oxygen atoms in total. The zero-order chi connectivity index (χ0) is 35.0. The number of nitrogens with zero attached hydrogens (tertiary/aromatic N) is 2. The minimum Gasteiger partial charge on any atom is -0.308 e. The molecule has 0 aliphatic carbocycles. The maximum absolute atomic E-state index is 10.6. The number of thiophene rings is 2. The maximum Gasteiger partial charge on any atom is 0.101 e. The van der Waals surface area contributed by atoms with Crippen molar-refractivity contribution < 1.29 is 0 Å². The summed E-state index contributed by atoms with van der Waals surface area (Å²) in [5.74, 6) is 0. The van der Waals surface area contributed by atoms with Crippen LogP contribution in [0.1, 0.15) is 5.56 Å². The summed E-state index contributed by atoms with van der Waals surface area (Å²) in [6.07, 6.45) is 0. The average molecular weight is 709 g/mol. The summed E-state index contributed by atoms with van der Waals surface area (Å²) in [4.78, 5) is 0. The van der Waals surface area contributed by atoms with Crippen LogP contribution in [0.2, 0.25) is 0 Å². The van der Waals surface area contributed by atoms with Crippen molar-refractivity contribution in [2.24, 2.45) is 0 Å². The van der Waals surface area contributed by atoms with Gasteiger partial charge in [-0.3, -0.25) is 0 Å². The summed E-state index contributed by atoms with van der Waals surface area (Å²) in [7, 11) is 0. The van der Waals surface area contributed by atoms with Gasteiger partial charge in [0.2, 0.25) is 0 Å². The zero-order valence-electron chi connectivity index (χ0n) is 28.4. The topological polar surface area (TPSA) is 28.7 Å². The molecule has 0 aliphatic heterocycles. The lowest BCUT2D eigenvalue weighted by atomic mass is 9.98. The first kappa shape index (κ1) is 30.1. The highest BCUT2D eigenvalue weighted by Gasteiger charge is 2.20. The van der Waals surface area contributed by atoms with Crippen molar-refractivity contribution in [3.8, 4) is 45.1 Å². The summed E-state index contributed by atoms with van der Waals surface area (Å²) < 4.78 is 7.17. The fourth-order valence-corrected chi connectivity index (χ4v) is 10.7. The van der Waals surface area contributed by atoms with Gasteiger partial charge in [0.05, 0.1) is 31.7 Å². The Bertz CT molecular complexity index is 3190. The standard InChI is InChI=1S/C49H28N2S2/c50-29-35-25-34(36-16-9-17-38-37-15-7-8-20-46(37)52-48(36)38)28-42-39-18-10-19-45(49(39)53-47(35)42)51-43-23-21-32(30-11-3-1-4-12-30)26-40(43)41-27-33(22-24-44(41)51)31-13-5-2-6-14-31/h1-28H. The van der Waals surface area contributed by atoms with E-state index < -0.39 is 0 Å². The van der Waals surface area contributed by atoms with Crippen molar-refractivity contribution in [3.05, 3.63) is 175 Å². The smallest absolute Gasteiger partial charge is 0.101 e. The van der Waals surface area contributed by atoms with E-state index in [2.05, 4.69) is 180 Å². The summed E-state index contributed by atoms with van der Waals surface area (Å²) in [6.45, 7) is 0. The van der Waals surface area contributed by atoms with Gasteiger partial charge in [-0.2, -0.15) is 5.26 Å². The highest BCUT2D eigenvalue weighted by molar-refractivity contribution is 7.27. The lowest BCUT2D eigenvalue weighted by Crippen LogP contribution is -1.94. The molecule has 4 heteroatoms. The highest BCUT2D eigenvalue weighted by atomic mass is 32.1. The second kappa shape index (κ2) is 11.8. The summed E-state index contributed by atoms with van der Waals surface area (Å²) in [5.41, 5.74) is 11.2. The van der Waals surface area contributed by atoms with Crippen LogP contribution in [0.25, 0.3) is 101 Å². The molecule has 0 fully saturated rings. The number of benzene rings is 8. The van der Waals surface area contributed by atoms with Crippen LogP contribution < -0.4 is 0 Å². The lowest BCUT2D eigenvalue weighted by Gasteiger charge is -2.10. The molecule has 0 unspecified atom stereocenters. The molecular formula is C49H28N2S2. The fraction of sp³-hybridized carbons (Fsp3) is 0. The van der Waals surface area contributed by atoms with E-state index in [1.807, 2.05) is 11.3 Å². The first-order valence-corrected chi connectivity index (χ1v) is 19.4. The van der Waals surface area contributed by atoms with Gasteiger partial charge < -0.3 is 4.57 Å². The second-order valence-electron chi connectivity index (χ2n) is 13.6. The molecule has 3 heterocycles. The Kier molecular flexibility index (Phi) is 6.69. The van der Waals surface area contributed by atoms with E-state index in [9.17, 15) is 5.26 Å². The molecule has 0 atom stereocenters. The molecule has 0 N–H and O–H groups in total. The molecule has 53 heavy (non-hydrogen) atoms. The number of nitriles is 1. The number of rotatable bonds is 4. The van der Waals surface area contributed by atoms with Crippen LogP contribution in [0.15, 0.2) is 170 Å². The minimum atomic E-state index is 0.713. The Hall–Kier alpha value is -6.51. The third-order valence-electron chi connectivity index (χ3n) is 10.6. The SMILES string of the molecule is N#Cc1cc(-c2cccc3c2sc2ccccc23)cc2c1sc1c(-n3c4ccc(-c5ccccc5)cc4c4cc(-c5ccccc5)ccc43)cccc12. The Labute approximate surface area is 313 Å². The average Bonchev–Trinajstić information content (AvgIpc) is 3.90. The van der Waals surface area contributed by atoms with Gasteiger partial charge in [-0.15, -0.1) is 22.7 Å². The van der Waals surface area contributed by atoms with E-state index >= 15 is 0 Å². The molecule has 0 aliphatic rings. The third-order valence-corrected chi connectivity index (χ3v) is 13.1. The first-order valence-electron chi connectivity index (χ1n) is 17.7. The van der Waals surface area contributed by atoms with E-state index in [-0.39, 0.29) is 0 Å². The van der Waals surface area contributed by atoms with Gasteiger partial charge in [0.15, 0.2) is 0 Å². The van der Waals surface area contributed by atoms with Gasteiger partial charge in [-0.25, -0.2) is 0 Å². The van der Waals surface area contributed by atoms with E-state index in [0.29, 0.717) is 5.56 Å². The van der Waals surface area contributed by atoms with Crippen LogP contribution in [0, 0.1) is 11.3 Å². The van der Waals surface area contributed by atoms with Crippen molar-refractivity contribution >= 4 is 84.8 Å². The zero-order valence-corrected chi connectivity index (χ0v) is 30.0. The quantitative estimate of drug-likeness (QED) is 0.179. The summed E-state index contributed by atoms with van der Waals surface area (Å²) >= 11 is 3.55. The number of fused-ring (bicyclic) bond motifs is 9. The van der Waals surface area contributed by atoms with Gasteiger partial charge in [0.1, 0.15) is 6.07 Å². The molecule has 8 aromatic carbocycles. The van der Waals surface area contributed by atoms with Crippen LogP contribution in [-0.4, -0.2) is 4.57 Å². The second-order valence-corrected chi connectivity index (χ2v) is 15.7. The van der Waals surface area contributed by atoms with Crippen molar-refractivity contribution in [1.82, 2.24) is 4.57 Å². The predicted molar refractivity (Wildman–Crippen MR) is 228 cm³/mol. The molecule has 11 rings (SSSR count). The molecule has 0 spiro atoms. The van der Waals surface area contributed by atoms with Crippen molar-refractivity contribution in [2.45, 2.75) is 0 Å². The Morgan fingerprint density at radius 3 is 1.66 bits per heavy atom. The molecule has 3 aromatic heterocycles. The van der Waals surface area contributed by atoms with E-state index in [0.717, 1.165) is 32.4 Å². The van der Waals surface area contributed by atoms with Gasteiger partial charge >= 0.3 is 0 Å². The van der Waals surface area contributed by atoms with Crippen LogP contribution in [0.3, 0.4) is 0 Å². The molecule has 0 amide bonds. The number of aromatic nitrogens is 1. The minimum absolute atomic E-state index is 0.713. The maximum atomic E-state index is 10.6. The van der Waals surface area contributed by atoms with Crippen LogP contribution in [0.5, 0.6) is 0 Å². The van der Waals surface area contributed by atoms with Gasteiger partial charge in [0.25, 0.3) is 0 Å². The Morgan fingerprint density at radius 1 is 0.396 bits per heavy atom. The molecule has 11 aromatic rings. The van der Waals surface area contributed by atoms with Crippen LogP contribution >= 0.6 is 22.7 Å². The highest BCUT2D eigenvalue weighted by Crippen LogP contribution is 2.46. The van der Waals surface area contributed by atoms with Gasteiger partial charge in [-0.05, 0) is 81.9 Å². The number of hydrogen-bond acceptors (Lipinski definition) is 3. The van der Waals surface area contributed by atoms with E-state index in [1.54, 1.807) is 11.3 Å². The van der Waals surface area contributed by atoms with E-state index in [1.165, 1.54) is 68.8 Å². The van der Waals surface area contributed by atoms with Crippen molar-refractivity contribution in [3.63, 3.8) is 0 Å². The normalized spacial score (nSPS) is 11.8. The Morgan fingerprint density at radius 2 is 0.981 bits per heavy atom. The Balaban J connectivity index is 1.17. The number of hydrogen-bond donors (Lipinski definition) is 0. The largest absolute Gasteiger partial charge is 0.308 e. The lowest BCUT2D eigenvalue weighted by molar-refractivity contribution is 1.20. The third kappa shape index (κ3) is 4.62. The van der Waals surface area contributed by atoms with Crippen molar-refractivity contribution in [2.75, 3.05) is 0 Å². The summed E-state index contributed by atoms with van der Waals surface area (Å²) in [6, 6.07) is 63.7. The van der Waals surface area contributed by atoms with Gasteiger partial charge in [-0.1, -0.05) is 121 Å². The molecule has 0 radical (unpaired) electrons. The van der Waals surface area contributed by atoms with Crippen LogP contribution in [-0.2, 0) is 0 Å². The monoisotopic (exact) mass is 708 g/mol. The van der Waals surface area contributed by atoms with E-state index in [4.69, 9.17) is 0 Å². The van der Waals surface area contributed by atoms with Crippen LogP contribution in [0.4, 0.5) is 0 Å². The molecule has 0 bridgehead atoms. The first-order chi connectivity index (χ1) is 26.2. The predicted octanol–water partition coefficient (Wildman–Crippen LogP) is 14.4. The molecule has 0 saturated carbocycles. The molecule has 246 valence electrons. The van der Waals surface area contributed by atoms with Gasteiger partial charge in [0, 0.05) is 41.7 Å². The fourth-order valence-electron chi connectivity index (χ4n) is 8.18. The molecule has 0 saturated heterocycles.